The molecule has 192 valence electrons. The lowest BCUT2D eigenvalue weighted by Gasteiger charge is -2.13. The lowest BCUT2D eigenvalue weighted by atomic mass is 9.99. The number of halogens is 1. The van der Waals surface area contributed by atoms with Crippen LogP contribution in [0.3, 0.4) is 0 Å². The number of benzene rings is 3. The Balaban J connectivity index is 1.31. The third kappa shape index (κ3) is 6.55. The molecule has 0 N–H and O–H groups in total. The van der Waals surface area contributed by atoms with Crippen LogP contribution in [0.25, 0.3) is 10.9 Å². The first-order valence-electron chi connectivity index (χ1n) is 12.3. The Morgan fingerprint density at radius 2 is 1.65 bits per heavy atom. The number of aromatic nitrogens is 1. The molecule has 0 aliphatic heterocycles. The van der Waals surface area contributed by atoms with Gasteiger partial charge >= 0.3 is 5.97 Å². The van der Waals surface area contributed by atoms with Gasteiger partial charge in [-0.15, -0.1) is 0 Å². The number of esters is 1. The van der Waals surface area contributed by atoms with Gasteiger partial charge in [-0.2, -0.15) is 0 Å². The van der Waals surface area contributed by atoms with Gasteiger partial charge in [-0.3, -0.25) is 9.59 Å². The van der Waals surface area contributed by atoms with Gasteiger partial charge in [0.1, 0.15) is 23.9 Å². The van der Waals surface area contributed by atoms with Crippen molar-refractivity contribution in [2.24, 2.45) is 0 Å². The van der Waals surface area contributed by atoms with Crippen LogP contribution in [-0.2, 0) is 22.5 Å². The molecule has 6 nitrogen and oxygen atoms in total. The fourth-order valence-corrected chi connectivity index (χ4v) is 4.13. The highest BCUT2D eigenvalue weighted by atomic mass is 19.1. The summed E-state index contributed by atoms with van der Waals surface area (Å²) in [6.45, 7) is 3.20. The average molecular weight is 504 g/mol. The predicted octanol–water partition coefficient (Wildman–Crippen LogP) is 5.98. The Morgan fingerprint density at radius 3 is 2.41 bits per heavy atom. The van der Waals surface area contributed by atoms with E-state index in [1.54, 1.807) is 6.07 Å². The van der Waals surface area contributed by atoms with Crippen molar-refractivity contribution < 1.29 is 28.2 Å². The first kappa shape index (κ1) is 25.9. The Labute approximate surface area is 215 Å². The fraction of sp³-hybridized carbons (Fsp3) is 0.267. The molecule has 1 heterocycles. The highest BCUT2D eigenvalue weighted by Gasteiger charge is 2.13. The van der Waals surface area contributed by atoms with Gasteiger partial charge in [0.15, 0.2) is 5.78 Å². The lowest BCUT2D eigenvalue weighted by molar-refractivity contribution is -0.141. The van der Waals surface area contributed by atoms with Crippen molar-refractivity contribution in [1.29, 1.82) is 0 Å². The van der Waals surface area contributed by atoms with Gasteiger partial charge < -0.3 is 18.8 Å². The quantitative estimate of drug-likeness (QED) is 0.135. The standard InChI is InChI=1S/C30H30FNO5/c1-3-5-23-18-24(30(34)21-6-9-25(31)10-7-21)8-13-28(23)37-17-4-16-36-26-11-12-27-22(19-26)14-15-32(27)20-29(33)35-2/h6-15,18-19H,3-5,16-17,20H2,1-2H3. The molecule has 0 aliphatic rings. The van der Waals surface area contributed by atoms with Crippen LogP contribution in [0.4, 0.5) is 4.39 Å². The first-order valence-corrected chi connectivity index (χ1v) is 12.3. The van der Waals surface area contributed by atoms with Crippen LogP contribution in [-0.4, -0.2) is 36.6 Å². The number of hydrogen-bond acceptors (Lipinski definition) is 5. The molecule has 0 aliphatic carbocycles. The third-order valence-corrected chi connectivity index (χ3v) is 6.03. The maximum absolute atomic E-state index is 13.2. The largest absolute Gasteiger partial charge is 0.493 e. The van der Waals surface area contributed by atoms with Crippen LogP contribution in [0.5, 0.6) is 11.5 Å². The van der Waals surface area contributed by atoms with Crippen molar-refractivity contribution in [2.45, 2.75) is 32.7 Å². The molecule has 0 amide bonds. The summed E-state index contributed by atoms with van der Waals surface area (Å²) >= 11 is 0. The number of aryl methyl sites for hydroxylation is 1. The Morgan fingerprint density at radius 1 is 0.892 bits per heavy atom. The molecule has 0 bridgehead atoms. The molecular formula is C30H30FNO5. The minimum atomic E-state index is -0.369. The topological polar surface area (TPSA) is 66.8 Å². The fourth-order valence-electron chi connectivity index (χ4n) is 4.13. The lowest BCUT2D eigenvalue weighted by Crippen LogP contribution is -2.10. The van der Waals surface area contributed by atoms with E-state index in [1.807, 2.05) is 47.2 Å². The van der Waals surface area contributed by atoms with Crippen molar-refractivity contribution in [3.63, 3.8) is 0 Å². The van der Waals surface area contributed by atoms with E-state index >= 15 is 0 Å². The highest BCUT2D eigenvalue weighted by molar-refractivity contribution is 6.09. The summed E-state index contributed by atoms with van der Waals surface area (Å²) in [6, 6.07) is 18.7. The Hall–Kier alpha value is -4.13. The van der Waals surface area contributed by atoms with Gasteiger partial charge in [0.25, 0.3) is 0 Å². The maximum Gasteiger partial charge on any atom is 0.325 e. The molecule has 37 heavy (non-hydrogen) atoms. The molecule has 7 heteroatoms. The molecule has 0 saturated carbocycles. The zero-order valence-electron chi connectivity index (χ0n) is 21.0. The van der Waals surface area contributed by atoms with Gasteiger partial charge in [0.05, 0.1) is 20.3 Å². The monoisotopic (exact) mass is 503 g/mol. The van der Waals surface area contributed by atoms with Crippen molar-refractivity contribution in [3.05, 3.63) is 95.4 Å². The predicted molar refractivity (Wildman–Crippen MR) is 140 cm³/mol. The van der Waals surface area contributed by atoms with Crippen molar-refractivity contribution in [3.8, 4) is 11.5 Å². The Kier molecular flexibility index (Phi) is 8.56. The summed E-state index contributed by atoms with van der Waals surface area (Å²) in [6.07, 6.45) is 4.23. The second-order valence-electron chi connectivity index (χ2n) is 8.70. The normalized spacial score (nSPS) is 10.9. The summed E-state index contributed by atoms with van der Waals surface area (Å²) in [7, 11) is 1.38. The summed E-state index contributed by atoms with van der Waals surface area (Å²) in [5, 5.41) is 0.983. The summed E-state index contributed by atoms with van der Waals surface area (Å²) < 4.78 is 31.7. The second-order valence-corrected chi connectivity index (χ2v) is 8.70. The molecule has 0 spiro atoms. The molecule has 4 rings (SSSR count). The van der Waals surface area contributed by atoms with Crippen LogP contribution in [0.15, 0.2) is 72.9 Å². The van der Waals surface area contributed by atoms with E-state index in [1.165, 1.54) is 31.4 Å². The van der Waals surface area contributed by atoms with E-state index in [4.69, 9.17) is 14.2 Å². The summed E-state index contributed by atoms with van der Waals surface area (Å²) in [4.78, 5) is 24.4. The minimum Gasteiger partial charge on any atom is -0.493 e. The maximum atomic E-state index is 13.2. The van der Waals surface area contributed by atoms with Gasteiger partial charge in [-0.25, -0.2) is 4.39 Å². The number of ether oxygens (including phenoxy) is 3. The van der Waals surface area contributed by atoms with Crippen LogP contribution < -0.4 is 9.47 Å². The van der Waals surface area contributed by atoms with Crippen LogP contribution in [0.2, 0.25) is 0 Å². The zero-order valence-corrected chi connectivity index (χ0v) is 21.0. The molecule has 0 radical (unpaired) electrons. The molecular weight excluding hydrogens is 473 g/mol. The van der Waals surface area contributed by atoms with E-state index in [9.17, 15) is 14.0 Å². The smallest absolute Gasteiger partial charge is 0.325 e. The first-order chi connectivity index (χ1) is 18.0. The van der Waals surface area contributed by atoms with Gasteiger partial charge in [-0.05, 0) is 78.7 Å². The number of carbonyl (C=O) groups is 2. The van der Waals surface area contributed by atoms with E-state index in [0.717, 1.165) is 40.8 Å². The molecule has 0 saturated heterocycles. The molecule has 0 fully saturated rings. The van der Waals surface area contributed by atoms with Crippen molar-refractivity contribution >= 4 is 22.7 Å². The van der Waals surface area contributed by atoms with E-state index in [0.29, 0.717) is 30.8 Å². The average Bonchev–Trinajstić information content (AvgIpc) is 3.31. The van der Waals surface area contributed by atoms with E-state index in [2.05, 4.69) is 6.92 Å². The summed E-state index contributed by atoms with van der Waals surface area (Å²) in [5.41, 5.74) is 2.92. The van der Waals surface area contributed by atoms with Crippen molar-refractivity contribution in [2.75, 3.05) is 20.3 Å². The number of nitrogens with zero attached hydrogens (tertiary/aromatic N) is 1. The number of ketones is 1. The number of carbonyl (C=O) groups excluding carboxylic acids is 2. The molecule has 4 aromatic rings. The molecule has 3 aromatic carbocycles. The highest BCUT2D eigenvalue weighted by Crippen LogP contribution is 2.25. The number of methoxy groups -OCH3 is 1. The van der Waals surface area contributed by atoms with E-state index in [-0.39, 0.29) is 24.1 Å². The van der Waals surface area contributed by atoms with Gasteiger partial charge in [0.2, 0.25) is 0 Å². The van der Waals surface area contributed by atoms with Gasteiger partial charge in [0, 0.05) is 34.6 Å². The summed E-state index contributed by atoms with van der Waals surface area (Å²) in [5.74, 6) is 0.694. The van der Waals surface area contributed by atoms with Crippen LogP contribution in [0.1, 0.15) is 41.3 Å². The number of rotatable bonds is 12. The van der Waals surface area contributed by atoms with E-state index < -0.39 is 0 Å². The van der Waals surface area contributed by atoms with Crippen molar-refractivity contribution in [1.82, 2.24) is 4.57 Å². The third-order valence-electron chi connectivity index (χ3n) is 6.03. The van der Waals surface area contributed by atoms with Crippen LogP contribution >= 0.6 is 0 Å². The number of fused-ring (bicyclic) bond motifs is 1. The minimum absolute atomic E-state index is 0.144. The van der Waals surface area contributed by atoms with Gasteiger partial charge in [-0.1, -0.05) is 13.3 Å². The zero-order chi connectivity index (χ0) is 26.2. The van der Waals surface area contributed by atoms with Crippen LogP contribution in [0, 0.1) is 5.82 Å². The number of hydrogen-bond donors (Lipinski definition) is 0. The molecule has 0 unspecified atom stereocenters. The SMILES string of the molecule is CCCc1cc(C(=O)c2ccc(F)cc2)ccc1OCCCOc1ccc2c(ccn2CC(=O)OC)c1. The molecule has 0 atom stereocenters. The Bertz CT molecular complexity index is 1380. The molecule has 1 aromatic heterocycles. The second kappa shape index (κ2) is 12.2.